The van der Waals surface area contributed by atoms with Gasteiger partial charge in [-0.2, -0.15) is 0 Å². The van der Waals surface area contributed by atoms with Gasteiger partial charge in [-0.15, -0.1) is 0 Å². The Hall–Kier alpha value is -1.91. The van der Waals surface area contributed by atoms with Crippen LogP contribution in [0.15, 0.2) is 18.2 Å². The molecule has 0 radical (unpaired) electrons. The van der Waals surface area contributed by atoms with Crippen LogP contribution in [-0.4, -0.2) is 25.7 Å². The second kappa shape index (κ2) is 10.1. The standard InChI is InChI=1S/C19H30N2O3/c1-23-19(22)10-6-3-7-13-24-16-11-12-17(20)18(14-16)21-15-8-4-2-5-9-15/h11-12,14-15,21H,2-10,13,20H2,1H3. The average Bonchev–Trinajstić information content (AvgIpc) is 2.61. The summed E-state index contributed by atoms with van der Waals surface area (Å²) in [4.78, 5) is 11.0. The van der Waals surface area contributed by atoms with Crippen LogP contribution in [0.3, 0.4) is 0 Å². The first kappa shape index (κ1) is 18.4. The highest BCUT2D eigenvalue weighted by Gasteiger charge is 2.14. The van der Waals surface area contributed by atoms with Crippen molar-refractivity contribution < 1.29 is 14.3 Å². The van der Waals surface area contributed by atoms with Gasteiger partial charge in [0.2, 0.25) is 0 Å². The van der Waals surface area contributed by atoms with Crippen molar-refractivity contribution in [2.75, 3.05) is 24.8 Å². The molecular weight excluding hydrogens is 304 g/mol. The van der Waals surface area contributed by atoms with Gasteiger partial charge in [0, 0.05) is 18.5 Å². The van der Waals surface area contributed by atoms with Crippen LogP contribution >= 0.6 is 0 Å². The first-order valence-electron chi connectivity index (χ1n) is 9.04. The molecule has 5 heteroatoms. The lowest BCUT2D eigenvalue weighted by Gasteiger charge is -2.24. The lowest BCUT2D eigenvalue weighted by molar-refractivity contribution is -0.140. The van der Waals surface area contributed by atoms with Gasteiger partial charge in [-0.3, -0.25) is 4.79 Å². The summed E-state index contributed by atoms with van der Waals surface area (Å²) in [5.74, 6) is 0.698. The number of esters is 1. The first-order chi connectivity index (χ1) is 11.7. The summed E-state index contributed by atoms with van der Waals surface area (Å²) in [5, 5.41) is 3.56. The average molecular weight is 334 g/mol. The number of nitrogen functional groups attached to an aromatic ring is 1. The molecule has 0 spiro atoms. The van der Waals surface area contributed by atoms with Crippen LogP contribution < -0.4 is 15.8 Å². The van der Waals surface area contributed by atoms with Crippen LogP contribution in [0.4, 0.5) is 11.4 Å². The topological polar surface area (TPSA) is 73.6 Å². The maximum atomic E-state index is 11.0. The number of rotatable bonds is 9. The van der Waals surface area contributed by atoms with Gasteiger partial charge in [-0.25, -0.2) is 0 Å². The molecule has 134 valence electrons. The summed E-state index contributed by atoms with van der Waals surface area (Å²) in [6.45, 7) is 0.647. The highest BCUT2D eigenvalue weighted by Crippen LogP contribution is 2.28. The maximum Gasteiger partial charge on any atom is 0.305 e. The number of unbranched alkanes of at least 4 members (excludes halogenated alkanes) is 2. The Kier molecular flexibility index (Phi) is 7.72. The van der Waals surface area contributed by atoms with Gasteiger partial charge < -0.3 is 20.5 Å². The Morgan fingerprint density at radius 2 is 2.00 bits per heavy atom. The van der Waals surface area contributed by atoms with Gasteiger partial charge in [0.1, 0.15) is 5.75 Å². The van der Waals surface area contributed by atoms with Crippen molar-refractivity contribution in [1.82, 2.24) is 0 Å². The largest absolute Gasteiger partial charge is 0.494 e. The Balaban J connectivity index is 1.73. The van der Waals surface area contributed by atoms with E-state index in [1.54, 1.807) is 0 Å². The zero-order chi connectivity index (χ0) is 17.2. The molecule has 1 aromatic rings. The van der Waals surface area contributed by atoms with Gasteiger partial charge in [0.15, 0.2) is 0 Å². The number of hydrogen-bond acceptors (Lipinski definition) is 5. The van der Waals surface area contributed by atoms with E-state index in [9.17, 15) is 4.79 Å². The first-order valence-corrected chi connectivity index (χ1v) is 9.04. The minimum atomic E-state index is -0.145. The molecule has 0 amide bonds. The summed E-state index contributed by atoms with van der Waals surface area (Å²) in [7, 11) is 1.42. The molecular formula is C19H30N2O3. The molecule has 1 aliphatic rings. The van der Waals surface area contributed by atoms with Crippen LogP contribution in [0.2, 0.25) is 0 Å². The molecule has 1 fully saturated rings. The van der Waals surface area contributed by atoms with E-state index in [1.807, 2.05) is 18.2 Å². The highest BCUT2D eigenvalue weighted by molar-refractivity contribution is 5.69. The molecule has 0 atom stereocenters. The summed E-state index contributed by atoms with van der Waals surface area (Å²) in [6, 6.07) is 6.33. The van der Waals surface area contributed by atoms with Crippen molar-refractivity contribution in [3.05, 3.63) is 18.2 Å². The molecule has 1 saturated carbocycles. The zero-order valence-electron chi connectivity index (χ0n) is 14.7. The lowest BCUT2D eigenvalue weighted by atomic mass is 9.95. The van der Waals surface area contributed by atoms with E-state index in [0.29, 0.717) is 19.1 Å². The Labute approximate surface area is 144 Å². The van der Waals surface area contributed by atoms with E-state index in [-0.39, 0.29) is 5.97 Å². The lowest BCUT2D eigenvalue weighted by Crippen LogP contribution is -2.22. The van der Waals surface area contributed by atoms with Crippen molar-refractivity contribution in [1.29, 1.82) is 0 Å². The van der Waals surface area contributed by atoms with Crippen molar-refractivity contribution in [2.45, 2.75) is 63.8 Å². The molecule has 2 rings (SSSR count). The molecule has 1 aromatic carbocycles. The number of ether oxygens (including phenoxy) is 2. The fraction of sp³-hybridized carbons (Fsp3) is 0.632. The molecule has 0 aliphatic heterocycles. The van der Waals surface area contributed by atoms with E-state index in [4.69, 9.17) is 10.5 Å². The van der Waals surface area contributed by atoms with Crippen LogP contribution in [0.25, 0.3) is 0 Å². The number of methoxy groups -OCH3 is 1. The van der Waals surface area contributed by atoms with E-state index < -0.39 is 0 Å². The number of anilines is 2. The number of benzene rings is 1. The van der Waals surface area contributed by atoms with Crippen molar-refractivity contribution in [2.24, 2.45) is 0 Å². The van der Waals surface area contributed by atoms with E-state index in [0.717, 1.165) is 36.4 Å². The van der Waals surface area contributed by atoms with Gasteiger partial charge in [-0.1, -0.05) is 19.3 Å². The molecule has 0 saturated heterocycles. The molecule has 0 aromatic heterocycles. The minimum Gasteiger partial charge on any atom is -0.494 e. The summed E-state index contributed by atoms with van der Waals surface area (Å²) >= 11 is 0. The fourth-order valence-electron chi connectivity index (χ4n) is 3.06. The smallest absolute Gasteiger partial charge is 0.305 e. The Morgan fingerprint density at radius 3 is 2.75 bits per heavy atom. The number of hydrogen-bond donors (Lipinski definition) is 2. The monoisotopic (exact) mass is 334 g/mol. The SMILES string of the molecule is COC(=O)CCCCCOc1ccc(N)c(NC2CCCCC2)c1. The third-order valence-corrected chi connectivity index (χ3v) is 4.51. The number of carbonyl (C=O) groups excluding carboxylic acids is 1. The molecule has 3 N–H and O–H groups in total. The Morgan fingerprint density at radius 1 is 1.21 bits per heavy atom. The number of nitrogens with two attached hydrogens (primary N) is 1. The second-order valence-electron chi connectivity index (χ2n) is 6.46. The highest BCUT2D eigenvalue weighted by atomic mass is 16.5. The van der Waals surface area contributed by atoms with Crippen LogP contribution in [-0.2, 0) is 9.53 Å². The summed E-state index contributed by atoms with van der Waals surface area (Å²) in [5.41, 5.74) is 7.83. The van der Waals surface area contributed by atoms with Crippen LogP contribution in [0.5, 0.6) is 5.75 Å². The predicted molar refractivity (Wildman–Crippen MR) is 97.3 cm³/mol. The fourth-order valence-corrected chi connectivity index (χ4v) is 3.06. The van der Waals surface area contributed by atoms with E-state index in [2.05, 4.69) is 10.1 Å². The molecule has 24 heavy (non-hydrogen) atoms. The minimum absolute atomic E-state index is 0.145. The number of nitrogens with one attached hydrogen (secondary N) is 1. The summed E-state index contributed by atoms with van der Waals surface area (Å²) in [6.07, 6.45) is 9.55. The number of carbonyl (C=O) groups is 1. The van der Waals surface area contributed by atoms with Gasteiger partial charge >= 0.3 is 5.97 Å². The molecule has 0 heterocycles. The molecule has 0 bridgehead atoms. The molecule has 5 nitrogen and oxygen atoms in total. The van der Waals surface area contributed by atoms with Crippen molar-refractivity contribution in [3.8, 4) is 5.75 Å². The van der Waals surface area contributed by atoms with Crippen molar-refractivity contribution >= 4 is 17.3 Å². The quantitative estimate of drug-likeness (QED) is 0.403. The van der Waals surface area contributed by atoms with Crippen LogP contribution in [0.1, 0.15) is 57.8 Å². The maximum absolute atomic E-state index is 11.0. The van der Waals surface area contributed by atoms with E-state index >= 15 is 0 Å². The molecule has 0 unspecified atom stereocenters. The zero-order valence-corrected chi connectivity index (χ0v) is 14.7. The van der Waals surface area contributed by atoms with Gasteiger partial charge in [-0.05, 0) is 44.2 Å². The second-order valence-corrected chi connectivity index (χ2v) is 6.46. The Bertz CT molecular complexity index is 513. The third kappa shape index (κ3) is 6.30. The van der Waals surface area contributed by atoms with Crippen molar-refractivity contribution in [3.63, 3.8) is 0 Å². The normalized spacial score (nSPS) is 15.0. The van der Waals surface area contributed by atoms with Gasteiger partial charge in [0.05, 0.1) is 25.1 Å². The van der Waals surface area contributed by atoms with E-state index in [1.165, 1.54) is 39.2 Å². The van der Waals surface area contributed by atoms with Gasteiger partial charge in [0.25, 0.3) is 0 Å². The van der Waals surface area contributed by atoms with Crippen LogP contribution in [0, 0.1) is 0 Å². The summed E-state index contributed by atoms with van der Waals surface area (Å²) < 4.78 is 10.4. The predicted octanol–water partition coefficient (Wildman–Crippen LogP) is 4.13. The third-order valence-electron chi connectivity index (χ3n) is 4.51. The molecule has 1 aliphatic carbocycles.